The van der Waals surface area contributed by atoms with Crippen LogP contribution in [-0.2, 0) is 19.6 Å². The number of sulfonamides is 1. The second-order valence-electron chi connectivity index (χ2n) is 5.89. The van der Waals surface area contributed by atoms with Crippen molar-refractivity contribution in [3.63, 3.8) is 0 Å². The predicted molar refractivity (Wildman–Crippen MR) is 92.1 cm³/mol. The molecule has 5 nitrogen and oxygen atoms in total. The van der Waals surface area contributed by atoms with Crippen LogP contribution in [-0.4, -0.2) is 37.9 Å². The SMILES string of the molecule is CCOC(=O)[C@H]1CCCCN1S(=O)(=O)c1ccc2ccccc2c1. The van der Waals surface area contributed by atoms with Crippen molar-refractivity contribution in [2.24, 2.45) is 0 Å². The van der Waals surface area contributed by atoms with Gasteiger partial charge in [-0.05, 0) is 49.1 Å². The summed E-state index contributed by atoms with van der Waals surface area (Å²) in [7, 11) is -3.73. The second-order valence-corrected chi connectivity index (χ2v) is 7.78. The molecule has 3 rings (SSSR count). The fourth-order valence-corrected chi connectivity index (χ4v) is 4.81. The van der Waals surface area contributed by atoms with E-state index in [9.17, 15) is 13.2 Å². The normalized spacial score (nSPS) is 19.3. The molecule has 1 aliphatic rings. The Morgan fingerprint density at radius 2 is 1.92 bits per heavy atom. The molecule has 1 fully saturated rings. The molecule has 0 aromatic heterocycles. The molecule has 0 amide bonds. The molecule has 1 atom stereocenters. The zero-order chi connectivity index (χ0) is 17.2. The Kier molecular flexibility index (Phi) is 4.87. The molecule has 24 heavy (non-hydrogen) atoms. The van der Waals surface area contributed by atoms with Gasteiger partial charge < -0.3 is 4.74 Å². The highest BCUT2D eigenvalue weighted by atomic mass is 32.2. The van der Waals surface area contributed by atoms with Gasteiger partial charge in [-0.15, -0.1) is 0 Å². The van der Waals surface area contributed by atoms with E-state index in [-0.39, 0.29) is 11.5 Å². The molecule has 2 aromatic carbocycles. The largest absolute Gasteiger partial charge is 0.465 e. The van der Waals surface area contributed by atoms with Gasteiger partial charge in [0.05, 0.1) is 11.5 Å². The van der Waals surface area contributed by atoms with Crippen LogP contribution in [0.5, 0.6) is 0 Å². The van der Waals surface area contributed by atoms with Crippen molar-refractivity contribution in [2.45, 2.75) is 37.1 Å². The first kappa shape index (κ1) is 16.9. The molecular weight excluding hydrogens is 326 g/mol. The summed E-state index contributed by atoms with van der Waals surface area (Å²) < 4.78 is 32.5. The predicted octanol–water partition coefficient (Wildman–Crippen LogP) is 2.95. The van der Waals surface area contributed by atoms with E-state index in [0.717, 1.165) is 23.6 Å². The van der Waals surface area contributed by atoms with Crippen LogP contribution in [0.25, 0.3) is 10.8 Å². The molecule has 0 bridgehead atoms. The maximum Gasteiger partial charge on any atom is 0.324 e. The number of ether oxygens (including phenoxy) is 1. The molecule has 0 aliphatic carbocycles. The number of carbonyl (C=O) groups is 1. The Morgan fingerprint density at radius 3 is 2.67 bits per heavy atom. The summed E-state index contributed by atoms with van der Waals surface area (Å²) >= 11 is 0. The maximum absolute atomic E-state index is 13.1. The number of hydrogen-bond donors (Lipinski definition) is 0. The lowest BCUT2D eigenvalue weighted by molar-refractivity contribution is -0.148. The molecule has 0 N–H and O–H groups in total. The Balaban J connectivity index is 1.98. The van der Waals surface area contributed by atoms with Gasteiger partial charge >= 0.3 is 5.97 Å². The lowest BCUT2D eigenvalue weighted by Crippen LogP contribution is -2.48. The summed E-state index contributed by atoms with van der Waals surface area (Å²) in [5, 5.41) is 1.85. The average Bonchev–Trinajstić information content (AvgIpc) is 2.61. The molecular formula is C18H21NO4S. The number of hydrogen-bond acceptors (Lipinski definition) is 4. The van der Waals surface area contributed by atoms with Gasteiger partial charge in [0, 0.05) is 6.54 Å². The zero-order valence-electron chi connectivity index (χ0n) is 13.6. The van der Waals surface area contributed by atoms with Crippen LogP contribution in [0.4, 0.5) is 0 Å². The zero-order valence-corrected chi connectivity index (χ0v) is 14.5. The second kappa shape index (κ2) is 6.91. The van der Waals surface area contributed by atoms with Crippen LogP contribution >= 0.6 is 0 Å². The van der Waals surface area contributed by atoms with Crippen molar-refractivity contribution < 1.29 is 17.9 Å². The van der Waals surface area contributed by atoms with Crippen LogP contribution in [0.1, 0.15) is 26.2 Å². The van der Waals surface area contributed by atoms with Crippen LogP contribution in [0, 0.1) is 0 Å². The van der Waals surface area contributed by atoms with Gasteiger partial charge in [-0.2, -0.15) is 4.31 Å². The van der Waals surface area contributed by atoms with Crippen LogP contribution < -0.4 is 0 Å². The van der Waals surface area contributed by atoms with Gasteiger partial charge in [-0.25, -0.2) is 8.42 Å². The van der Waals surface area contributed by atoms with E-state index in [4.69, 9.17) is 4.74 Å². The summed E-state index contributed by atoms with van der Waals surface area (Å²) in [6.07, 6.45) is 2.08. The molecule has 1 aliphatic heterocycles. The summed E-state index contributed by atoms with van der Waals surface area (Å²) in [6, 6.07) is 12.0. The van der Waals surface area contributed by atoms with Crippen LogP contribution in [0.2, 0.25) is 0 Å². The van der Waals surface area contributed by atoms with E-state index in [1.807, 2.05) is 24.3 Å². The molecule has 0 spiro atoms. The standard InChI is InChI=1S/C18H21NO4S/c1-2-23-18(20)17-9-5-6-12-19(17)24(21,22)16-11-10-14-7-3-4-8-15(14)13-16/h3-4,7-8,10-11,13,17H,2,5-6,9,12H2,1H3/t17-/m1/s1. The van der Waals surface area contributed by atoms with Crippen LogP contribution in [0.3, 0.4) is 0 Å². The van der Waals surface area contributed by atoms with Crippen molar-refractivity contribution in [2.75, 3.05) is 13.2 Å². The number of fused-ring (bicyclic) bond motifs is 1. The Morgan fingerprint density at radius 1 is 1.17 bits per heavy atom. The minimum atomic E-state index is -3.73. The molecule has 0 saturated carbocycles. The number of rotatable bonds is 4. The smallest absolute Gasteiger partial charge is 0.324 e. The van der Waals surface area contributed by atoms with Crippen molar-refractivity contribution in [3.8, 4) is 0 Å². The van der Waals surface area contributed by atoms with Crippen molar-refractivity contribution >= 4 is 26.8 Å². The lowest BCUT2D eigenvalue weighted by atomic mass is 10.1. The van der Waals surface area contributed by atoms with E-state index < -0.39 is 22.0 Å². The van der Waals surface area contributed by atoms with Gasteiger partial charge in [-0.3, -0.25) is 4.79 Å². The molecule has 6 heteroatoms. The number of nitrogens with zero attached hydrogens (tertiary/aromatic N) is 1. The van der Waals surface area contributed by atoms with E-state index in [2.05, 4.69) is 0 Å². The Hall–Kier alpha value is -1.92. The van der Waals surface area contributed by atoms with Crippen LogP contribution in [0.15, 0.2) is 47.4 Å². The summed E-state index contributed by atoms with van der Waals surface area (Å²) in [4.78, 5) is 12.4. The third kappa shape index (κ3) is 3.16. The van der Waals surface area contributed by atoms with Crippen molar-refractivity contribution in [1.82, 2.24) is 4.31 Å². The van der Waals surface area contributed by atoms with E-state index in [1.165, 1.54) is 4.31 Å². The maximum atomic E-state index is 13.1. The highest BCUT2D eigenvalue weighted by Crippen LogP contribution is 2.28. The quantitative estimate of drug-likeness (QED) is 0.798. The number of carbonyl (C=O) groups excluding carboxylic acids is 1. The molecule has 0 unspecified atom stereocenters. The van der Waals surface area contributed by atoms with Gasteiger partial charge in [-0.1, -0.05) is 30.3 Å². The highest BCUT2D eigenvalue weighted by molar-refractivity contribution is 7.89. The number of benzene rings is 2. The first-order valence-corrected chi connectivity index (χ1v) is 9.65. The molecule has 1 heterocycles. The van der Waals surface area contributed by atoms with Crippen molar-refractivity contribution in [3.05, 3.63) is 42.5 Å². The lowest BCUT2D eigenvalue weighted by Gasteiger charge is -2.33. The number of esters is 1. The molecule has 128 valence electrons. The first-order chi connectivity index (χ1) is 11.5. The fourth-order valence-electron chi connectivity index (χ4n) is 3.13. The molecule has 0 radical (unpaired) electrons. The first-order valence-electron chi connectivity index (χ1n) is 8.21. The minimum Gasteiger partial charge on any atom is -0.465 e. The highest BCUT2D eigenvalue weighted by Gasteiger charge is 2.38. The summed E-state index contributed by atoms with van der Waals surface area (Å²) in [5.41, 5.74) is 0. The topological polar surface area (TPSA) is 63.7 Å². The van der Waals surface area contributed by atoms with Gasteiger partial charge in [0.25, 0.3) is 0 Å². The minimum absolute atomic E-state index is 0.220. The van der Waals surface area contributed by atoms with Gasteiger partial charge in [0.2, 0.25) is 10.0 Å². The van der Waals surface area contributed by atoms with E-state index in [1.54, 1.807) is 25.1 Å². The average molecular weight is 347 g/mol. The molecule has 1 saturated heterocycles. The Bertz CT molecular complexity index is 847. The van der Waals surface area contributed by atoms with Gasteiger partial charge in [0.1, 0.15) is 6.04 Å². The Labute approximate surface area is 142 Å². The third-order valence-electron chi connectivity index (χ3n) is 4.34. The van der Waals surface area contributed by atoms with E-state index >= 15 is 0 Å². The molecule has 2 aromatic rings. The summed E-state index contributed by atoms with van der Waals surface area (Å²) in [6.45, 7) is 2.32. The van der Waals surface area contributed by atoms with Gasteiger partial charge in [0.15, 0.2) is 0 Å². The number of piperidine rings is 1. The fraction of sp³-hybridized carbons (Fsp3) is 0.389. The van der Waals surface area contributed by atoms with E-state index in [0.29, 0.717) is 13.0 Å². The monoisotopic (exact) mass is 347 g/mol. The summed E-state index contributed by atoms with van der Waals surface area (Å²) in [5.74, 6) is -0.457. The van der Waals surface area contributed by atoms with Crippen molar-refractivity contribution in [1.29, 1.82) is 0 Å². The third-order valence-corrected chi connectivity index (χ3v) is 6.24.